The van der Waals surface area contributed by atoms with Crippen molar-refractivity contribution in [2.45, 2.75) is 38.0 Å². The van der Waals surface area contributed by atoms with Crippen LogP contribution in [-0.2, 0) is 4.79 Å². The number of rotatable bonds is 5. The second-order valence-electron chi connectivity index (χ2n) is 6.66. The largest absolute Gasteiger partial charge is 0.370 e. The van der Waals surface area contributed by atoms with Crippen molar-refractivity contribution in [1.29, 1.82) is 0 Å². The molecule has 1 aliphatic rings. The van der Waals surface area contributed by atoms with Crippen LogP contribution in [0.5, 0.6) is 0 Å². The van der Waals surface area contributed by atoms with Gasteiger partial charge in [-0.25, -0.2) is 4.98 Å². The van der Waals surface area contributed by atoms with E-state index in [0.717, 1.165) is 31.2 Å². The summed E-state index contributed by atoms with van der Waals surface area (Å²) in [7, 11) is 0. The number of hydrogen-bond acceptors (Lipinski definition) is 4. The molecule has 4 N–H and O–H groups in total. The molecular formula is C19H22N4O2. The Labute approximate surface area is 146 Å². The second-order valence-corrected chi connectivity index (χ2v) is 6.66. The maximum atomic E-state index is 11.2. The van der Waals surface area contributed by atoms with Gasteiger partial charge in [-0.15, -0.1) is 0 Å². The summed E-state index contributed by atoms with van der Waals surface area (Å²) in [6, 6.07) is 8.21. The van der Waals surface area contributed by atoms with E-state index >= 15 is 0 Å². The maximum Gasteiger partial charge on any atom is 0.268 e. The third kappa shape index (κ3) is 4.21. The van der Waals surface area contributed by atoms with Crippen molar-refractivity contribution in [2.24, 2.45) is 17.4 Å². The van der Waals surface area contributed by atoms with Crippen LogP contribution < -0.4 is 11.5 Å². The van der Waals surface area contributed by atoms with E-state index in [1.165, 1.54) is 11.8 Å². The molecule has 6 heteroatoms. The number of primary amides is 2. The number of nitrogens with zero attached hydrogens (tertiary/aromatic N) is 2. The fourth-order valence-electron chi connectivity index (χ4n) is 3.53. The number of benzene rings is 1. The van der Waals surface area contributed by atoms with E-state index in [0.29, 0.717) is 24.0 Å². The zero-order valence-electron chi connectivity index (χ0n) is 14.0. The molecule has 130 valence electrons. The van der Waals surface area contributed by atoms with Crippen LogP contribution in [0.3, 0.4) is 0 Å². The van der Waals surface area contributed by atoms with Gasteiger partial charge in [0.15, 0.2) is 0 Å². The van der Waals surface area contributed by atoms with E-state index in [1.54, 1.807) is 6.20 Å². The lowest BCUT2D eigenvalue weighted by Gasteiger charge is -2.28. The molecule has 0 radical (unpaired) electrons. The molecule has 0 atom stereocenters. The van der Waals surface area contributed by atoms with Crippen molar-refractivity contribution >= 4 is 11.8 Å². The van der Waals surface area contributed by atoms with Gasteiger partial charge in [0.2, 0.25) is 5.91 Å². The van der Waals surface area contributed by atoms with Gasteiger partial charge in [0, 0.05) is 12.0 Å². The van der Waals surface area contributed by atoms with Gasteiger partial charge in [-0.05, 0) is 43.1 Å². The minimum Gasteiger partial charge on any atom is -0.370 e. The summed E-state index contributed by atoms with van der Waals surface area (Å²) in [6.45, 7) is 0. The van der Waals surface area contributed by atoms with Crippen molar-refractivity contribution in [3.63, 3.8) is 0 Å². The predicted molar refractivity (Wildman–Crippen MR) is 94.5 cm³/mol. The highest BCUT2D eigenvalue weighted by Gasteiger charge is 2.23. The molecular weight excluding hydrogens is 316 g/mol. The van der Waals surface area contributed by atoms with Crippen molar-refractivity contribution in [1.82, 2.24) is 9.97 Å². The zero-order chi connectivity index (χ0) is 17.8. The number of hydrogen-bond donors (Lipinski definition) is 2. The average molecular weight is 338 g/mol. The van der Waals surface area contributed by atoms with Gasteiger partial charge in [0.05, 0.1) is 18.1 Å². The maximum absolute atomic E-state index is 11.2. The first-order chi connectivity index (χ1) is 12.0. The monoisotopic (exact) mass is 338 g/mol. The van der Waals surface area contributed by atoms with Gasteiger partial charge in [-0.2, -0.15) is 0 Å². The fraction of sp³-hybridized carbons (Fsp3) is 0.368. The number of aromatic nitrogens is 2. The molecule has 0 spiro atoms. The van der Waals surface area contributed by atoms with Crippen LogP contribution in [0, 0.1) is 5.92 Å². The topological polar surface area (TPSA) is 112 Å². The fourth-order valence-corrected chi connectivity index (χ4v) is 3.53. The van der Waals surface area contributed by atoms with Crippen LogP contribution in [0.15, 0.2) is 36.7 Å². The summed E-state index contributed by atoms with van der Waals surface area (Å²) in [4.78, 5) is 30.5. The van der Waals surface area contributed by atoms with Crippen LogP contribution >= 0.6 is 0 Å². The molecule has 1 aromatic carbocycles. The van der Waals surface area contributed by atoms with Gasteiger partial charge >= 0.3 is 0 Å². The lowest BCUT2D eigenvalue weighted by molar-refractivity contribution is -0.119. The Morgan fingerprint density at radius 1 is 1.00 bits per heavy atom. The van der Waals surface area contributed by atoms with Crippen molar-refractivity contribution in [3.05, 3.63) is 47.9 Å². The molecule has 1 aliphatic carbocycles. The van der Waals surface area contributed by atoms with Crippen LogP contribution in [0.4, 0.5) is 0 Å². The van der Waals surface area contributed by atoms with Gasteiger partial charge in [-0.3, -0.25) is 14.6 Å². The van der Waals surface area contributed by atoms with Gasteiger partial charge in [0.25, 0.3) is 5.91 Å². The summed E-state index contributed by atoms with van der Waals surface area (Å²) in [5, 5.41) is 0. The molecule has 0 bridgehead atoms. The highest BCUT2D eigenvalue weighted by atomic mass is 16.1. The predicted octanol–water partition coefficient (Wildman–Crippen LogP) is 2.39. The number of nitrogens with two attached hydrogens (primary N) is 2. The Morgan fingerprint density at radius 3 is 2.28 bits per heavy atom. The van der Waals surface area contributed by atoms with Crippen LogP contribution in [0.25, 0.3) is 11.3 Å². The number of amides is 2. The SMILES string of the molecule is NC(=O)CC1CCC(c2ccc(-c3cncc(C(N)=O)n3)cc2)CC1. The first-order valence-corrected chi connectivity index (χ1v) is 8.53. The van der Waals surface area contributed by atoms with E-state index in [1.807, 2.05) is 12.1 Å². The van der Waals surface area contributed by atoms with Crippen molar-refractivity contribution in [3.8, 4) is 11.3 Å². The first kappa shape index (κ1) is 17.1. The zero-order valence-corrected chi connectivity index (χ0v) is 14.0. The molecule has 1 heterocycles. The standard InChI is InChI=1S/C19H22N4O2/c20-18(24)9-12-1-3-13(4-2-12)14-5-7-15(8-6-14)16-10-22-11-17(23-16)19(21)25/h5-8,10-13H,1-4,9H2,(H2,20,24)(H2,21,25). The Bertz CT molecular complexity index is 765. The van der Waals surface area contributed by atoms with Gasteiger partial charge in [-0.1, -0.05) is 24.3 Å². The van der Waals surface area contributed by atoms with E-state index in [-0.39, 0.29) is 11.6 Å². The van der Waals surface area contributed by atoms with Crippen LogP contribution in [0.1, 0.15) is 54.1 Å². The summed E-state index contributed by atoms with van der Waals surface area (Å²) in [6.07, 6.45) is 7.73. The van der Waals surface area contributed by atoms with E-state index in [4.69, 9.17) is 11.5 Å². The molecule has 1 aromatic heterocycles. The normalized spacial score (nSPS) is 20.2. The third-order valence-corrected chi connectivity index (χ3v) is 4.90. The Kier molecular flexibility index (Phi) is 5.07. The van der Waals surface area contributed by atoms with Gasteiger partial charge in [0.1, 0.15) is 5.69 Å². The van der Waals surface area contributed by atoms with Crippen molar-refractivity contribution in [2.75, 3.05) is 0 Å². The highest BCUT2D eigenvalue weighted by molar-refractivity contribution is 5.90. The molecule has 2 aromatic rings. The third-order valence-electron chi connectivity index (χ3n) is 4.90. The van der Waals surface area contributed by atoms with Crippen molar-refractivity contribution < 1.29 is 9.59 Å². The summed E-state index contributed by atoms with van der Waals surface area (Å²) < 4.78 is 0. The minimum atomic E-state index is -0.585. The molecule has 0 saturated heterocycles. The quantitative estimate of drug-likeness (QED) is 0.871. The average Bonchev–Trinajstić information content (AvgIpc) is 2.62. The Hall–Kier alpha value is -2.76. The van der Waals surface area contributed by atoms with Crippen LogP contribution in [-0.4, -0.2) is 21.8 Å². The molecule has 1 fully saturated rings. The van der Waals surface area contributed by atoms with Gasteiger partial charge < -0.3 is 11.5 Å². The lowest BCUT2D eigenvalue weighted by Crippen LogP contribution is -2.20. The Balaban J connectivity index is 1.68. The van der Waals surface area contributed by atoms with E-state index in [2.05, 4.69) is 22.1 Å². The smallest absolute Gasteiger partial charge is 0.268 e. The molecule has 3 rings (SSSR count). The first-order valence-electron chi connectivity index (χ1n) is 8.53. The summed E-state index contributed by atoms with van der Waals surface area (Å²) in [5.74, 6) is 0.159. The van der Waals surface area contributed by atoms with E-state index in [9.17, 15) is 9.59 Å². The Morgan fingerprint density at radius 2 is 1.68 bits per heavy atom. The molecule has 0 unspecified atom stereocenters. The molecule has 1 saturated carbocycles. The minimum absolute atomic E-state index is 0.161. The summed E-state index contributed by atoms with van der Waals surface area (Å²) >= 11 is 0. The van der Waals surface area contributed by atoms with Crippen LogP contribution in [0.2, 0.25) is 0 Å². The number of carbonyl (C=O) groups is 2. The molecule has 25 heavy (non-hydrogen) atoms. The van der Waals surface area contributed by atoms with E-state index < -0.39 is 5.91 Å². The second kappa shape index (κ2) is 7.42. The highest BCUT2D eigenvalue weighted by Crippen LogP contribution is 2.37. The number of carbonyl (C=O) groups excluding carboxylic acids is 2. The molecule has 0 aliphatic heterocycles. The summed E-state index contributed by atoms with van der Waals surface area (Å²) in [5.41, 5.74) is 13.5. The lowest BCUT2D eigenvalue weighted by atomic mass is 9.77. The molecule has 6 nitrogen and oxygen atoms in total. The molecule has 2 amide bonds.